The summed E-state index contributed by atoms with van der Waals surface area (Å²) in [7, 11) is 1.36. The number of rotatable bonds is 5. The molecule has 1 aliphatic rings. The minimum atomic E-state index is -1.17. The van der Waals surface area contributed by atoms with Crippen LogP contribution < -0.4 is 5.73 Å². The first-order valence-electron chi connectivity index (χ1n) is 6.83. The number of methoxy groups -OCH3 is 1. The summed E-state index contributed by atoms with van der Waals surface area (Å²) in [5.74, 6) is -1.25. The fourth-order valence-electron chi connectivity index (χ4n) is 2.58. The van der Waals surface area contributed by atoms with E-state index >= 15 is 0 Å². The Hall–Kier alpha value is -1.92. The molecule has 114 valence electrons. The summed E-state index contributed by atoms with van der Waals surface area (Å²) >= 11 is 0. The number of benzene rings is 1. The standard InChI is InChI=1S/C15H20N2O4/c1-21-13(18)8-11-4-2-3-5-12(11)9-17-7-6-15(16,10-17)14(19)20/h2-5H,6-10,16H2,1H3,(H,19,20). The molecule has 1 aliphatic heterocycles. The van der Waals surface area contributed by atoms with E-state index in [-0.39, 0.29) is 12.4 Å². The van der Waals surface area contributed by atoms with Crippen molar-refractivity contribution in [1.82, 2.24) is 4.90 Å². The van der Waals surface area contributed by atoms with Gasteiger partial charge in [-0.25, -0.2) is 0 Å². The normalized spacial score (nSPS) is 22.2. The molecule has 0 aromatic heterocycles. The van der Waals surface area contributed by atoms with Gasteiger partial charge < -0.3 is 15.6 Å². The van der Waals surface area contributed by atoms with E-state index in [0.717, 1.165) is 11.1 Å². The van der Waals surface area contributed by atoms with Crippen LogP contribution in [0.15, 0.2) is 24.3 Å². The molecule has 1 unspecified atom stereocenters. The second-order valence-corrected chi connectivity index (χ2v) is 5.44. The molecule has 1 aromatic rings. The maximum absolute atomic E-state index is 11.4. The topological polar surface area (TPSA) is 92.9 Å². The molecule has 6 nitrogen and oxygen atoms in total. The van der Waals surface area contributed by atoms with Gasteiger partial charge in [-0.3, -0.25) is 14.5 Å². The molecule has 0 spiro atoms. The Morgan fingerprint density at radius 3 is 2.62 bits per heavy atom. The van der Waals surface area contributed by atoms with Gasteiger partial charge in [0.1, 0.15) is 5.54 Å². The minimum Gasteiger partial charge on any atom is -0.480 e. The average molecular weight is 292 g/mol. The lowest BCUT2D eigenvalue weighted by molar-refractivity contribution is -0.143. The van der Waals surface area contributed by atoms with Crippen molar-refractivity contribution in [3.63, 3.8) is 0 Å². The van der Waals surface area contributed by atoms with Crippen LogP contribution in [0.2, 0.25) is 0 Å². The third-order valence-corrected chi connectivity index (χ3v) is 3.88. The summed E-state index contributed by atoms with van der Waals surface area (Å²) in [4.78, 5) is 24.6. The van der Waals surface area contributed by atoms with E-state index in [1.165, 1.54) is 7.11 Å². The zero-order chi connectivity index (χ0) is 15.5. The van der Waals surface area contributed by atoms with Gasteiger partial charge >= 0.3 is 11.9 Å². The number of nitrogens with zero attached hydrogens (tertiary/aromatic N) is 1. The summed E-state index contributed by atoms with van der Waals surface area (Å²) < 4.78 is 4.69. The fraction of sp³-hybridized carbons (Fsp3) is 0.467. The smallest absolute Gasteiger partial charge is 0.325 e. The summed E-state index contributed by atoms with van der Waals surface area (Å²) in [6.07, 6.45) is 0.648. The Morgan fingerprint density at radius 1 is 1.38 bits per heavy atom. The highest BCUT2D eigenvalue weighted by atomic mass is 16.5. The molecule has 0 amide bonds. The largest absolute Gasteiger partial charge is 0.480 e. The molecular weight excluding hydrogens is 272 g/mol. The van der Waals surface area contributed by atoms with E-state index in [0.29, 0.717) is 26.1 Å². The highest BCUT2D eigenvalue weighted by Gasteiger charge is 2.41. The van der Waals surface area contributed by atoms with Crippen LogP contribution in [0.1, 0.15) is 17.5 Å². The molecule has 0 radical (unpaired) electrons. The van der Waals surface area contributed by atoms with Crippen molar-refractivity contribution in [3.05, 3.63) is 35.4 Å². The van der Waals surface area contributed by atoms with Crippen LogP contribution >= 0.6 is 0 Å². The molecule has 6 heteroatoms. The lowest BCUT2D eigenvalue weighted by atomic mass is 10.0. The van der Waals surface area contributed by atoms with Crippen LogP contribution in [0, 0.1) is 0 Å². The van der Waals surface area contributed by atoms with Crippen molar-refractivity contribution in [3.8, 4) is 0 Å². The molecule has 0 saturated carbocycles. The van der Waals surface area contributed by atoms with E-state index in [2.05, 4.69) is 0 Å². The van der Waals surface area contributed by atoms with Crippen LogP contribution in [0.25, 0.3) is 0 Å². The van der Waals surface area contributed by atoms with Crippen molar-refractivity contribution in [2.45, 2.75) is 24.9 Å². The van der Waals surface area contributed by atoms with Gasteiger partial charge in [-0.2, -0.15) is 0 Å². The predicted octanol–water partition coefficient (Wildman–Crippen LogP) is 0.390. The molecule has 2 rings (SSSR count). The highest BCUT2D eigenvalue weighted by Crippen LogP contribution is 2.22. The predicted molar refractivity (Wildman–Crippen MR) is 76.6 cm³/mol. The molecular formula is C15H20N2O4. The maximum Gasteiger partial charge on any atom is 0.325 e. The van der Waals surface area contributed by atoms with E-state index in [9.17, 15) is 9.59 Å². The molecule has 1 aromatic carbocycles. The summed E-state index contributed by atoms with van der Waals surface area (Å²) in [5, 5.41) is 9.15. The van der Waals surface area contributed by atoms with Gasteiger partial charge in [0.25, 0.3) is 0 Å². The van der Waals surface area contributed by atoms with Crippen molar-refractivity contribution < 1.29 is 19.4 Å². The lowest BCUT2D eigenvalue weighted by Crippen LogP contribution is -2.50. The number of ether oxygens (including phenoxy) is 1. The Balaban J connectivity index is 2.07. The number of hydrogen-bond donors (Lipinski definition) is 2. The van der Waals surface area contributed by atoms with Crippen LogP contribution in [0.5, 0.6) is 0 Å². The average Bonchev–Trinajstić information content (AvgIpc) is 2.84. The number of carboxylic acid groups (broad SMARTS) is 1. The molecule has 21 heavy (non-hydrogen) atoms. The summed E-state index contributed by atoms with van der Waals surface area (Å²) in [6, 6.07) is 7.60. The van der Waals surface area contributed by atoms with E-state index < -0.39 is 11.5 Å². The first-order chi connectivity index (χ1) is 9.94. The number of likely N-dealkylation sites (tertiary alicyclic amines) is 1. The lowest BCUT2D eigenvalue weighted by Gasteiger charge is -2.21. The number of aliphatic carboxylic acids is 1. The molecule has 0 bridgehead atoms. The van der Waals surface area contributed by atoms with Crippen molar-refractivity contribution in [2.24, 2.45) is 5.73 Å². The number of carbonyl (C=O) groups is 2. The quantitative estimate of drug-likeness (QED) is 0.763. The Labute approximate surface area is 123 Å². The van der Waals surface area contributed by atoms with Gasteiger partial charge in [0.05, 0.1) is 13.5 Å². The molecule has 1 heterocycles. The fourth-order valence-corrected chi connectivity index (χ4v) is 2.58. The van der Waals surface area contributed by atoms with Crippen molar-refractivity contribution >= 4 is 11.9 Å². The van der Waals surface area contributed by atoms with E-state index in [1.807, 2.05) is 29.2 Å². The van der Waals surface area contributed by atoms with Gasteiger partial charge in [-0.1, -0.05) is 24.3 Å². The van der Waals surface area contributed by atoms with Crippen molar-refractivity contribution in [1.29, 1.82) is 0 Å². The molecule has 3 N–H and O–H groups in total. The number of esters is 1. The van der Waals surface area contributed by atoms with Gasteiger partial charge in [-0.05, 0) is 17.5 Å². The van der Waals surface area contributed by atoms with Crippen molar-refractivity contribution in [2.75, 3.05) is 20.2 Å². The Morgan fingerprint density at radius 2 is 2.05 bits per heavy atom. The second kappa shape index (κ2) is 6.24. The summed E-state index contributed by atoms with van der Waals surface area (Å²) in [5.41, 5.74) is 6.60. The third kappa shape index (κ3) is 3.59. The minimum absolute atomic E-state index is 0.215. The Kier molecular flexibility index (Phi) is 4.59. The monoisotopic (exact) mass is 292 g/mol. The van der Waals surface area contributed by atoms with Crippen LogP contribution in [-0.2, 0) is 27.3 Å². The van der Waals surface area contributed by atoms with Gasteiger partial charge in [-0.15, -0.1) is 0 Å². The zero-order valence-corrected chi connectivity index (χ0v) is 12.0. The van der Waals surface area contributed by atoms with E-state index in [4.69, 9.17) is 15.6 Å². The number of nitrogens with two attached hydrogens (primary N) is 1. The summed E-state index contributed by atoms with van der Waals surface area (Å²) in [6.45, 7) is 1.53. The number of carboxylic acids is 1. The van der Waals surface area contributed by atoms with Crippen LogP contribution in [0.3, 0.4) is 0 Å². The van der Waals surface area contributed by atoms with Gasteiger partial charge in [0.15, 0.2) is 0 Å². The molecule has 1 fully saturated rings. The number of hydrogen-bond acceptors (Lipinski definition) is 5. The van der Waals surface area contributed by atoms with Crippen LogP contribution in [0.4, 0.5) is 0 Å². The van der Waals surface area contributed by atoms with Crippen LogP contribution in [-0.4, -0.2) is 47.7 Å². The molecule has 1 saturated heterocycles. The Bertz CT molecular complexity index is 546. The first kappa shape index (κ1) is 15.5. The van der Waals surface area contributed by atoms with Gasteiger partial charge in [0.2, 0.25) is 0 Å². The SMILES string of the molecule is COC(=O)Cc1ccccc1CN1CCC(N)(C(=O)O)C1. The zero-order valence-electron chi connectivity index (χ0n) is 12.0. The number of carbonyl (C=O) groups excluding carboxylic acids is 1. The first-order valence-corrected chi connectivity index (χ1v) is 6.83. The molecule has 1 atom stereocenters. The maximum atomic E-state index is 11.4. The second-order valence-electron chi connectivity index (χ2n) is 5.44. The van der Waals surface area contributed by atoms with E-state index in [1.54, 1.807) is 0 Å². The van der Waals surface area contributed by atoms with Gasteiger partial charge in [0, 0.05) is 19.6 Å². The third-order valence-electron chi connectivity index (χ3n) is 3.88. The molecule has 0 aliphatic carbocycles. The highest BCUT2D eigenvalue weighted by molar-refractivity contribution is 5.79.